The lowest BCUT2D eigenvalue weighted by Crippen LogP contribution is -2.40. The third-order valence-electron chi connectivity index (χ3n) is 1.70. The molecular formula is C8H14ClNO3. The number of nitrogens with one attached hydrogen (secondary N) is 1. The molecule has 13 heavy (non-hydrogen) atoms. The molecule has 4 nitrogen and oxygen atoms in total. The summed E-state index contributed by atoms with van der Waals surface area (Å²) in [7, 11) is 0. The highest BCUT2D eigenvalue weighted by Gasteiger charge is 2.14. The number of hydrogen-bond acceptors (Lipinski definition) is 3. The van der Waals surface area contributed by atoms with Gasteiger partial charge in [0.05, 0.1) is 32.5 Å². The summed E-state index contributed by atoms with van der Waals surface area (Å²) >= 11 is 5.42. The summed E-state index contributed by atoms with van der Waals surface area (Å²) in [4.78, 5) is 11.1. The SMILES string of the molecule is O=C(CCCl)NC1COCCOC1. The van der Waals surface area contributed by atoms with Crippen LogP contribution in [-0.2, 0) is 14.3 Å². The molecule has 0 saturated carbocycles. The van der Waals surface area contributed by atoms with Crippen LogP contribution in [0.2, 0.25) is 0 Å². The van der Waals surface area contributed by atoms with Crippen molar-refractivity contribution in [3.63, 3.8) is 0 Å². The molecule has 76 valence electrons. The van der Waals surface area contributed by atoms with Gasteiger partial charge in [-0.05, 0) is 0 Å². The number of carbonyl (C=O) groups excluding carboxylic acids is 1. The van der Waals surface area contributed by atoms with Crippen molar-refractivity contribution in [1.29, 1.82) is 0 Å². The van der Waals surface area contributed by atoms with E-state index in [0.717, 1.165) is 0 Å². The van der Waals surface area contributed by atoms with Crippen molar-refractivity contribution < 1.29 is 14.3 Å². The van der Waals surface area contributed by atoms with Gasteiger partial charge in [-0.15, -0.1) is 11.6 Å². The average Bonchev–Trinajstić information content (AvgIpc) is 2.33. The fourth-order valence-electron chi connectivity index (χ4n) is 1.09. The second kappa shape index (κ2) is 6.18. The van der Waals surface area contributed by atoms with Crippen LogP contribution in [0, 0.1) is 0 Å². The molecule has 0 bridgehead atoms. The third-order valence-corrected chi connectivity index (χ3v) is 1.89. The highest BCUT2D eigenvalue weighted by molar-refractivity contribution is 6.18. The lowest BCUT2D eigenvalue weighted by Gasteiger charge is -2.14. The van der Waals surface area contributed by atoms with Gasteiger partial charge in [-0.1, -0.05) is 0 Å². The van der Waals surface area contributed by atoms with Gasteiger partial charge in [0.15, 0.2) is 0 Å². The number of alkyl halides is 1. The molecule has 0 spiro atoms. The minimum absolute atomic E-state index is 0.0294. The zero-order chi connectivity index (χ0) is 9.52. The average molecular weight is 208 g/mol. The minimum Gasteiger partial charge on any atom is -0.377 e. The first-order chi connectivity index (χ1) is 6.33. The monoisotopic (exact) mass is 207 g/mol. The zero-order valence-corrected chi connectivity index (χ0v) is 8.18. The summed E-state index contributed by atoms with van der Waals surface area (Å²) in [6.45, 7) is 2.24. The van der Waals surface area contributed by atoms with E-state index in [0.29, 0.717) is 38.7 Å². The number of ether oxygens (including phenoxy) is 2. The number of rotatable bonds is 3. The van der Waals surface area contributed by atoms with Crippen LogP contribution < -0.4 is 5.32 Å². The van der Waals surface area contributed by atoms with Crippen LogP contribution in [0.5, 0.6) is 0 Å². The van der Waals surface area contributed by atoms with E-state index >= 15 is 0 Å². The van der Waals surface area contributed by atoms with Crippen molar-refractivity contribution in [1.82, 2.24) is 5.32 Å². The number of hydrogen-bond donors (Lipinski definition) is 1. The Hall–Kier alpha value is -0.320. The molecule has 1 N–H and O–H groups in total. The molecule has 1 rings (SSSR count). The van der Waals surface area contributed by atoms with Gasteiger partial charge >= 0.3 is 0 Å². The maximum absolute atomic E-state index is 11.1. The Morgan fingerprint density at radius 1 is 1.38 bits per heavy atom. The Kier molecular flexibility index (Phi) is 5.12. The summed E-state index contributed by atoms with van der Waals surface area (Å²) in [6, 6.07) is -0.0294. The van der Waals surface area contributed by atoms with Gasteiger partial charge in [0, 0.05) is 12.3 Å². The van der Waals surface area contributed by atoms with Crippen LogP contribution in [0.3, 0.4) is 0 Å². The Morgan fingerprint density at radius 3 is 2.54 bits per heavy atom. The van der Waals surface area contributed by atoms with Gasteiger partial charge in [0.25, 0.3) is 0 Å². The summed E-state index contributed by atoms with van der Waals surface area (Å²) in [6.07, 6.45) is 0.345. The maximum atomic E-state index is 11.1. The van der Waals surface area contributed by atoms with E-state index in [4.69, 9.17) is 21.1 Å². The predicted molar refractivity (Wildman–Crippen MR) is 48.9 cm³/mol. The fraction of sp³-hybridized carbons (Fsp3) is 0.875. The molecule has 0 aromatic carbocycles. The van der Waals surface area contributed by atoms with Crippen molar-refractivity contribution in [2.24, 2.45) is 0 Å². The summed E-state index contributed by atoms with van der Waals surface area (Å²) in [5.74, 6) is 0.300. The highest BCUT2D eigenvalue weighted by atomic mass is 35.5. The van der Waals surface area contributed by atoms with E-state index < -0.39 is 0 Å². The van der Waals surface area contributed by atoms with Crippen molar-refractivity contribution in [2.45, 2.75) is 12.5 Å². The van der Waals surface area contributed by atoms with Gasteiger partial charge in [-0.2, -0.15) is 0 Å². The van der Waals surface area contributed by atoms with E-state index in [1.54, 1.807) is 0 Å². The normalized spacial score (nSPS) is 19.5. The van der Waals surface area contributed by atoms with Crippen LogP contribution in [0.25, 0.3) is 0 Å². The van der Waals surface area contributed by atoms with Crippen LogP contribution in [-0.4, -0.2) is 44.3 Å². The van der Waals surface area contributed by atoms with E-state index in [2.05, 4.69) is 5.32 Å². The van der Waals surface area contributed by atoms with Gasteiger partial charge in [0.2, 0.25) is 5.91 Å². The maximum Gasteiger partial charge on any atom is 0.221 e. The first-order valence-corrected chi connectivity index (χ1v) is 4.87. The number of halogens is 1. The first-order valence-electron chi connectivity index (χ1n) is 4.33. The summed E-state index contributed by atoms with van der Waals surface area (Å²) in [5, 5.41) is 2.79. The Balaban J connectivity index is 2.21. The Bertz CT molecular complexity index is 157. The Morgan fingerprint density at radius 2 is 2.00 bits per heavy atom. The Labute approximate surface area is 82.5 Å². The molecule has 0 aromatic heterocycles. The summed E-state index contributed by atoms with van der Waals surface area (Å²) < 4.78 is 10.4. The molecule has 0 atom stereocenters. The minimum atomic E-state index is -0.0471. The molecule has 0 aromatic rings. The standard InChI is InChI=1S/C8H14ClNO3/c9-2-1-8(11)10-7-5-12-3-4-13-6-7/h7H,1-6H2,(H,10,11). The lowest BCUT2D eigenvalue weighted by molar-refractivity contribution is -0.122. The second-order valence-electron chi connectivity index (χ2n) is 2.85. The largest absolute Gasteiger partial charge is 0.377 e. The van der Waals surface area contributed by atoms with Crippen molar-refractivity contribution in [3.05, 3.63) is 0 Å². The molecule has 1 aliphatic rings. The molecule has 1 aliphatic heterocycles. The molecule has 5 heteroatoms. The number of carbonyl (C=O) groups is 1. The molecule has 1 fully saturated rings. The first kappa shape index (κ1) is 10.8. The second-order valence-corrected chi connectivity index (χ2v) is 3.23. The lowest BCUT2D eigenvalue weighted by atomic mass is 10.3. The molecule has 0 unspecified atom stereocenters. The summed E-state index contributed by atoms with van der Waals surface area (Å²) in [5.41, 5.74) is 0. The highest BCUT2D eigenvalue weighted by Crippen LogP contribution is 1.96. The molecule has 1 amide bonds. The van der Waals surface area contributed by atoms with Crippen molar-refractivity contribution in [3.8, 4) is 0 Å². The van der Waals surface area contributed by atoms with Crippen LogP contribution >= 0.6 is 11.6 Å². The molecule has 0 radical (unpaired) electrons. The quantitative estimate of drug-likeness (QED) is 0.671. The molecule has 0 aliphatic carbocycles. The van der Waals surface area contributed by atoms with Gasteiger partial charge in [-0.25, -0.2) is 0 Å². The van der Waals surface area contributed by atoms with E-state index in [1.165, 1.54) is 0 Å². The van der Waals surface area contributed by atoms with Gasteiger partial charge in [0.1, 0.15) is 0 Å². The fourth-order valence-corrected chi connectivity index (χ4v) is 1.26. The van der Waals surface area contributed by atoms with Crippen LogP contribution in [0.4, 0.5) is 0 Å². The molecule has 1 heterocycles. The van der Waals surface area contributed by atoms with Crippen LogP contribution in [0.1, 0.15) is 6.42 Å². The topological polar surface area (TPSA) is 47.6 Å². The zero-order valence-electron chi connectivity index (χ0n) is 7.42. The van der Waals surface area contributed by atoms with Crippen molar-refractivity contribution in [2.75, 3.05) is 32.3 Å². The molecular weight excluding hydrogens is 194 g/mol. The van der Waals surface area contributed by atoms with Crippen LogP contribution in [0.15, 0.2) is 0 Å². The third kappa shape index (κ3) is 4.45. The predicted octanol–water partition coefficient (Wildman–Crippen LogP) is 0.147. The smallest absolute Gasteiger partial charge is 0.221 e. The van der Waals surface area contributed by atoms with E-state index in [9.17, 15) is 4.79 Å². The van der Waals surface area contributed by atoms with Crippen molar-refractivity contribution >= 4 is 17.5 Å². The number of amides is 1. The van der Waals surface area contributed by atoms with Gasteiger partial charge in [-0.3, -0.25) is 4.79 Å². The van der Waals surface area contributed by atoms with E-state index in [1.807, 2.05) is 0 Å². The molecule has 1 saturated heterocycles. The van der Waals surface area contributed by atoms with E-state index in [-0.39, 0.29) is 11.9 Å². The van der Waals surface area contributed by atoms with Gasteiger partial charge < -0.3 is 14.8 Å².